The van der Waals surface area contributed by atoms with E-state index in [9.17, 15) is 22.5 Å². The summed E-state index contributed by atoms with van der Waals surface area (Å²) in [6.07, 6.45) is -6.12. The molecule has 2 atom stereocenters. The summed E-state index contributed by atoms with van der Waals surface area (Å²) in [7, 11) is 0. The van der Waals surface area contributed by atoms with E-state index in [2.05, 4.69) is 30.0 Å². The molecule has 152 valence electrons. The number of pyridine rings is 1. The number of halogens is 4. The van der Waals surface area contributed by atoms with Crippen molar-refractivity contribution in [1.29, 1.82) is 0 Å². The van der Waals surface area contributed by atoms with Crippen LogP contribution in [0.15, 0.2) is 27.2 Å². The van der Waals surface area contributed by atoms with Crippen LogP contribution in [-0.2, 0) is 20.9 Å². The summed E-state index contributed by atoms with van der Waals surface area (Å²) in [5, 5.41) is 0. The van der Waals surface area contributed by atoms with E-state index in [1.54, 1.807) is 32.9 Å². The monoisotopic (exact) mass is 470 g/mol. The first kappa shape index (κ1) is 23.9. The zero-order valence-electron chi connectivity index (χ0n) is 15.5. The Morgan fingerprint density at radius 3 is 2.44 bits per heavy atom. The highest BCUT2D eigenvalue weighted by Gasteiger charge is 2.43. The van der Waals surface area contributed by atoms with Gasteiger partial charge in [0.2, 0.25) is 0 Å². The van der Waals surface area contributed by atoms with Gasteiger partial charge in [-0.3, -0.25) is 4.79 Å². The fourth-order valence-corrected chi connectivity index (χ4v) is 2.94. The third-order valence-corrected chi connectivity index (χ3v) is 5.22. The lowest BCUT2D eigenvalue weighted by atomic mass is 9.96. The van der Waals surface area contributed by atoms with E-state index in [0.29, 0.717) is 4.60 Å². The van der Waals surface area contributed by atoms with Crippen molar-refractivity contribution in [3.63, 3.8) is 0 Å². The quantitative estimate of drug-likeness (QED) is 0.252. The lowest BCUT2D eigenvalue weighted by Crippen LogP contribution is -2.31. The van der Waals surface area contributed by atoms with Gasteiger partial charge in [0.1, 0.15) is 26.4 Å². The summed E-state index contributed by atoms with van der Waals surface area (Å²) >= 11 is 1.38. The van der Waals surface area contributed by atoms with Crippen molar-refractivity contribution in [2.45, 2.75) is 51.5 Å². The average molecular weight is 471 g/mol. The Hall–Kier alpha value is -1.13. The van der Waals surface area contributed by atoms with Crippen LogP contribution in [0.4, 0.5) is 13.2 Å². The zero-order chi connectivity index (χ0) is 20.8. The number of ether oxygens (including phenoxy) is 1. The van der Waals surface area contributed by atoms with Crippen LogP contribution in [-0.4, -0.2) is 38.7 Å². The fourth-order valence-electron chi connectivity index (χ4n) is 1.95. The second-order valence-corrected chi connectivity index (χ2v) is 9.41. The number of rotatable bonds is 7. The normalized spacial score (nSPS) is 15.4. The van der Waals surface area contributed by atoms with Gasteiger partial charge in [-0.15, -0.1) is 0 Å². The van der Waals surface area contributed by atoms with Crippen LogP contribution in [0.3, 0.4) is 0 Å². The SMILES string of the molecule is CCOC(=O)CC(C/C(=N/[S@+]([O-])C(C)(C)C)c1cccc(Br)n1)C(F)(F)F. The molecular weight excluding hydrogens is 449 g/mol. The Kier molecular flexibility index (Phi) is 8.75. The summed E-state index contributed by atoms with van der Waals surface area (Å²) in [6.45, 7) is 6.51. The van der Waals surface area contributed by atoms with Crippen molar-refractivity contribution in [3.05, 3.63) is 28.5 Å². The molecule has 0 aliphatic heterocycles. The molecule has 0 aromatic carbocycles. The number of nitrogens with zero attached hydrogens (tertiary/aromatic N) is 2. The Balaban J connectivity index is 3.27. The van der Waals surface area contributed by atoms with Gasteiger partial charge in [0.15, 0.2) is 0 Å². The van der Waals surface area contributed by atoms with E-state index in [1.807, 2.05) is 0 Å². The van der Waals surface area contributed by atoms with E-state index >= 15 is 0 Å². The molecule has 0 N–H and O–H groups in total. The first-order valence-corrected chi connectivity index (χ1v) is 10.1. The zero-order valence-corrected chi connectivity index (χ0v) is 17.9. The molecule has 0 amide bonds. The Morgan fingerprint density at radius 1 is 1.33 bits per heavy atom. The van der Waals surface area contributed by atoms with E-state index in [1.165, 1.54) is 13.0 Å². The van der Waals surface area contributed by atoms with Crippen molar-refractivity contribution in [1.82, 2.24) is 4.98 Å². The highest BCUT2D eigenvalue weighted by Crippen LogP contribution is 2.33. The van der Waals surface area contributed by atoms with Gasteiger partial charge in [-0.1, -0.05) is 10.5 Å². The lowest BCUT2D eigenvalue weighted by Gasteiger charge is -2.22. The van der Waals surface area contributed by atoms with Crippen LogP contribution in [0.5, 0.6) is 0 Å². The van der Waals surface area contributed by atoms with Crippen molar-refractivity contribution >= 4 is 39.0 Å². The number of carbonyl (C=O) groups is 1. The van der Waals surface area contributed by atoms with Gasteiger partial charge in [0.25, 0.3) is 0 Å². The second-order valence-electron chi connectivity index (χ2n) is 6.70. The molecule has 0 aliphatic rings. The number of alkyl halides is 3. The molecule has 0 bridgehead atoms. The first-order valence-electron chi connectivity index (χ1n) is 8.19. The van der Waals surface area contributed by atoms with Crippen molar-refractivity contribution in [2.24, 2.45) is 10.3 Å². The molecule has 0 fully saturated rings. The molecule has 5 nitrogen and oxygen atoms in total. The molecule has 1 aromatic rings. The molecule has 1 heterocycles. The molecular formula is C17H22BrF3N2O3S. The smallest absolute Gasteiger partial charge is 0.392 e. The van der Waals surface area contributed by atoms with Gasteiger partial charge in [0.05, 0.1) is 24.6 Å². The van der Waals surface area contributed by atoms with Crippen LogP contribution in [0.1, 0.15) is 46.2 Å². The van der Waals surface area contributed by atoms with Gasteiger partial charge in [0, 0.05) is 6.42 Å². The maximum atomic E-state index is 13.5. The molecule has 0 saturated heterocycles. The Labute approximate surface area is 168 Å². The molecule has 1 aromatic heterocycles. The lowest BCUT2D eigenvalue weighted by molar-refractivity contribution is -0.182. The van der Waals surface area contributed by atoms with Crippen molar-refractivity contribution < 1.29 is 27.3 Å². The Morgan fingerprint density at radius 2 is 1.96 bits per heavy atom. The van der Waals surface area contributed by atoms with E-state index < -0.39 is 47.0 Å². The minimum absolute atomic E-state index is 0.00835. The van der Waals surface area contributed by atoms with Gasteiger partial charge in [-0.2, -0.15) is 13.2 Å². The maximum Gasteiger partial charge on any atom is 0.392 e. The second kappa shape index (κ2) is 9.88. The molecule has 0 saturated carbocycles. The van der Waals surface area contributed by atoms with Crippen LogP contribution in [0.25, 0.3) is 0 Å². The third kappa shape index (κ3) is 8.18. The average Bonchev–Trinajstić information content (AvgIpc) is 2.51. The minimum Gasteiger partial charge on any atom is -0.591 e. The van der Waals surface area contributed by atoms with E-state index in [-0.39, 0.29) is 18.0 Å². The highest BCUT2D eigenvalue weighted by atomic mass is 79.9. The summed E-state index contributed by atoms with van der Waals surface area (Å²) in [4.78, 5) is 15.7. The third-order valence-electron chi connectivity index (χ3n) is 3.35. The molecule has 27 heavy (non-hydrogen) atoms. The largest absolute Gasteiger partial charge is 0.591 e. The molecule has 0 spiro atoms. The van der Waals surface area contributed by atoms with Gasteiger partial charge >= 0.3 is 12.1 Å². The summed E-state index contributed by atoms with van der Waals surface area (Å²) in [5.41, 5.74) is 0.0938. The van der Waals surface area contributed by atoms with Crippen molar-refractivity contribution in [3.8, 4) is 0 Å². The number of aromatic nitrogens is 1. The molecule has 10 heteroatoms. The van der Waals surface area contributed by atoms with Gasteiger partial charge < -0.3 is 9.29 Å². The van der Waals surface area contributed by atoms with Crippen LogP contribution >= 0.6 is 15.9 Å². The maximum absolute atomic E-state index is 13.5. The van der Waals surface area contributed by atoms with Crippen LogP contribution < -0.4 is 0 Å². The standard InChI is InChI=1S/C17H22BrF3N2O3S/c1-5-26-15(24)10-11(17(19,20)21)9-13(23-27(25)16(2,3)4)12-7-6-8-14(18)22-12/h6-8,11H,5,9-10H2,1-4H3/b23-13-/t11?,27-/m1/s1. The minimum atomic E-state index is -4.65. The van der Waals surface area contributed by atoms with E-state index in [0.717, 1.165) is 0 Å². The van der Waals surface area contributed by atoms with Crippen LogP contribution in [0.2, 0.25) is 0 Å². The fraction of sp³-hybridized carbons (Fsp3) is 0.588. The predicted octanol–water partition coefficient (Wildman–Crippen LogP) is 4.62. The van der Waals surface area contributed by atoms with E-state index in [4.69, 9.17) is 0 Å². The number of hydrogen-bond donors (Lipinski definition) is 0. The summed E-state index contributed by atoms with van der Waals surface area (Å²) in [5.74, 6) is -2.97. The van der Waals surface area contributed by atoms with Crippen LogP contribution in [0, 0.1) is 5.92 Å². The van der Waals surface area contributed by atoms with Crippen molar-refractivity contribution in [2.75, 3.05) is 6.61 Å². The van der Waals surface area contributed by atoms with Gasteiger partial charge in [-0.25, -0.2) is 4.98 Å². The Bertz CT molecular complexity index is 678. The molecule has 1 unspecified atom stereocenters. The number of hydrogen-bond acceptors (Lipinski definition) is 5. The topological polar surface area (TPSA) is 74.6 Å². The predicted molar refractivity (Wildman–Crippen MR) is 102 cm³/mol. The number of esters is 1. The molecule has 1 rings (SSSR count). The number of carbonyl (C=O) groups excluding carboxylic acids is 1. The molecule has 0 radical (unpaired) electrons. The first-order chi connectivity index (χ1) is 12.3. The van der Waals surface area contributed by atoms with Gasteiger partial charge in [-0.05, 0) is 55.8 Å². The highest BCUT2D eigenvalue weighted by molar-refractivity contribution is 9.10. The summed E-state index contributed by atoms with van der Waals surface area (Å²) < 4.78 is 61.2. The summed E-state index contributed by atoms with van der Waals surface area (Å²) in [6, 6.07) is 4.69. The molecule has 0 aliphatic carbocycles.